The minimum Gasteiger partial charge on any atom is -0.464 e. The normalized spacial score (nSPS) is 23.0. The zero-order valence-corrected chi connectivity index (χ0v) is 10.2. The van der Waals surface area contributed by atoms with Crippen LogP contribution in [-0.2, 0) is 11.3 Å². The Hall–Kier alpha value is -1.55. The largest absolute Gasteiger partial charge is 0.464 e. The molecule has 0 bridgehead atoms. The molecule has 2 unspecified atom stereocenters. The van der Waals surface area contributed by atoms with Gasteiger partial charge in [-0.05, 0) is 25.5 Å². The van der Waals surface area contributed by atoms with Gasteiger partial charge in [0.25, 0.3) is 0 Å². The van der Waals surface area contributed by atoms with Gasteiger partial charge in [-0.3, -0.25) is 4.79 Å². The van der Waals surface area contributed by atoms with Crippen molar-refractivity contribution in [2.45, 2.75) is 25.9 Å². The van der Waals surface area contributed by atoms with Gasteiger partial charge in [-0.1, -0.05) is 12.2 Å². The molecule has 0 radical (unpaired) electrons. The van der Waals surface area contributed by atoms with Gasteiger partial charge in [-0.25, -0.2) is 0 Å². The van der Waals surface area contributed by atoms with E-state index in [4.69, 9.17) is 10.2 Å². The van der Waals surface area contributed by atoms with Crippen molar-refractivity contribution in [2.75, 3.05) is 7.05 Å². The Bertz CT molecular complexity index is 436. The molecule has 2 N–H and O–H groups in total. The quantitative estimate of drug-likeness (QED) is 0.805. The number of nitrogens with zero attached hydrogens (tertiary/aromatic N) is 1. The predicted octanol–water partition coefficient (Wildman–Crippen LogP) is 1.45. The van der Waals surface area contributed by atoms with Gasteiger partial charge in [0.1, 0.15) is 11.5 Å². The fourth-order valence-corrected chi connectivity index (χ4v) is 2.08. The summed E-state index contributed by atoms with van der Waals surface area (Å²) in [5.41, 5.74) is 5.74. The van der Waals surface area contributed by atoms with Crippen molar-refractivity contribution in [2.24, 2.45) is 11.7 Å². The molecule has 0 aromatic carbocycles. The summed E-state index contributed by atoms with van der Waals surface area (Å²) >= 11 is 0. The maximum Gasteiger partial charge on any atom is 0.229 e. The van der Waals surface area contributed by atoms with Crippen molar-refractivity contribution >= 4 is 5.91 Å². The number of nitrogens with two attached hydrogens (primary N) is 1. The van der Waals surface area contributed by atoms with E-state index in [2.05, 4.69) is 0 Å². The molecule has 1 aromatic rings. The highest BCUT2D eigenvalue weighted by Crippen LogP contribution is 2.19. The molecule has 1 aliphatic carbocycles. The Labute approximate surface area is 101 Å². The zero-order valence-electron chi connectivity index (χ0n) is 10.2. The van der Waals surface area contributed by atoms with Gasteiger partial charge in [0.2, 0.25) is 5.91 Å². The summed E-state index contributed by atoms with van der Waals surface area (Å²) in [4.78, 5) is 13.8. The molecule has 2 atom stereocenters. The number of hydrogen-bond donors (Lipinski definition) is 1. The molecule has 1 aromatic heterocycles. The van der Waals surface area contributed by atoms with Crippen LogP contribution in [0.4, 0.5) is 0 Å². The first kappa shape index (κ1) is 11.9. The molecule has 0 spiro atoms. The van der Waals surface area contributed by atoms with Crippen LogP contribution in [0.1, 0.15) is 17.9 Å². The van der Waals surface area contributed by atoms with E-state index in [-0.39, 0.29) is 17.9 Å². The lowest BCUT2D eigenvalue weighted by molar-refractivity contribution is -0.133. The first-order chi connectivity index (χ1) is 8.06. The lowest BCUT2D eigenvalue weighted by Gasteiger charge is -2.19. The molecule has 1 amide bonds. The third kappa shape index (κ3) is 2.77. The summed E-state index contributed by atoms with van der Waals surface area (Å²) in [6.45, 7) is 2.40. The van der Waals surface area contributed by atoms with Gasteiger partial charge in [0.05, 0.1) is 12.5 Å². The van der Waals surface area contributed by atoms with Crippen LogP contribution in [0, 0.1) is 12.8 Å². The number of aryl methyl sites for hydroxylation is 1. The second-order valence-corrected chi connectivity index (χ2v) is 4.60. The summed E-state index contributed by atoms with van der Waals surface area (Å²) in [6, 6.07) is 3.82. The molecule has 1 aliphatic rings. The Balaban J connectivity index is 1.94. The molecule has 1 heterocycles. The van der Waals surface area contributed by atoms with Crippen molar-refractivity contribution in [3.05, 3.63) is 35.8 Å². The lowest BCUT2D eigenvalue weighted by atomic mass is 10.1. The van der Waals surface area contributed by atoms with Crippen LogP contribution in [-0.4, -0.2) is 23.9 Å². The van der Waals surface area contributed by atoms with Crippen molar-refractivity contribution in [3.8, 4) is 0 Å². The van der Waals surface area contributed by atoms with Gasteiger partial charge in [-0.15, -0.1) is 0 Å². The van der Waals surface area contributed by atoms with E-state index in [1.165, 1.54) is 0 Å². The van der Waals surface area contributed by atoms with E-state index in [0.717, 1.165) is 11.5 Å². The highest BCUT2D eigenvalue weighted by Gasteiger charge is 2.25. The minimum atomic E-state index is -0.0777. The lowest BCUT2D eigenvalue weighted by Crippen LogP contribution is -2.32. The van der Waals surface area contributed by atoms with Crippen LogP contribution >= 0.6 is 0 Å². The van der Waals surface area contributed by atoms with E-state index in [9.17, 15) is 4.79 Å². The Morgan fingerprint density at radius 3 is 2.82 bits per heavy atom. The summed E-state index contributed by atoms with van der Waals surface area (Å²) in [5.74, 6) is 1.70. The number of carbonyl (C=O) groups is 1. The smallest absolute Gasteiger partial charge is 0.229 e. The molecule has 0 saturated carbocycles. The van der Waals surface area contributed by atoms with Crippen LogP contribution in [0.3, 0.4) is 0 Å². The third-order valence-electron chi connectivity index (χ3n) is 3.00. The predicted molar refractivity (Wildman–Crippen MR) is 65.1 cm³/mol. The highest BCUT2D eigenvalue weighted by molar-refractivity contribution is 5.80. The van der Waals surface area contributed by atoms with Crippen LogP contribution in [0.5, 0.6) is 0 Å². The molecule has 4 nitrogen and oxygen atoms in total. The third-order valence-corrected chi connectivity index (χ3v) is 3.00. The SMILES string of the molecule is Cc1ccc(CN(C)C(=O)C2C=CC(N)C2)o1. The zero-order chi connectivity index (χ0) is 12.4. The fraction of sp³-hybridized carbons (Fsp3) is 0.462. The molecule has 0 fully saturated rings. The number of carbonyl (C=O) groups excluding carboxylic acids is 1. The molecule has 92 valence electrons. The first-order valence-electron chi connectivity index (χ1n) is 5.80. The van der Waals surface area contributed by atoms with E-state index < -0.39 is 0 Å². The fourth-order valence-electron chi connectivity index (χ4n) is 2.08. The van der Waals surface area contributed by atoms with E-state index in [1.54, 1.807) is 11.9 Å². The summed E-state index contributed by atoms with van der Waals surface area (Å²) in [5, 5.41) is 0. The molecule has 4 heteroatoms. The van der Waals surface area contributed by atoms with Crippen molar-refractivity contribution in [1.82, 2.24) is 4.90 Å². The molecule has 17 heavy (non-hydrogen) atoms. The highest BCUT2D eigenvalue weighted by atomic mass is 16.3. The Kier molecular flexibility index (Phi) is 3.33. The Morgan fingerprint density at radius 1 is 1.53 bits per heavy atom. The average molecular weight is 234 g/mol. The van der Waals surface area contributed by atoms with E-state index in [0.29, 0.717) is 13.0 Å². The monoisotopic (exact) mass is 234 g/mol. The number of furan rings is 1. The number of amides is 1. The Morgan fingerprint density at radius 2 is 2.29 bits per heavy atom. The van der Waals surface area contributed by atoms with Gasteiger partial charge in [-0.2, -0.15) is 0 Å². The minimum absolute atomic E-state index is 0.0169. The molecule has 0 saturated heterocycles. The van der Waals surface area contributed by atoms with E-state index in [1.807, 2.05) is 31.2 Å². The standard InChI is InChI=1S/C13H18N2O2/c1-9-3-6-12(17-9)8-15(2)13(16)10-4-5-11(14)7-10/h3-6,10-11H,7-8,14H2,1-2H3. The van der Waals surface area contributed by atoms with Crippen LogP contribution in [0.2, 0.25) is 0 Å². The summed E-state index contributed by atoms with van der Waals surface area (Å²) < 4.78 is 5.45. The van der Waals surface area contributed by atoms with Gasteiger partial charge in [0, 0.05) is 13.1 Å². The van der Waals surface area contributed by atoms with E-state index >= 15 is 0 Å². The first-order valence-corrected chi connectivity index (χ1v) is 5.80. The van der Waals surface area contributed by atoms with Gasteiger partial charge in [0.15, 0.2) is 0 Å². The van der Waals surface area contributed by atoms with Crippen LogP contribution in [0.15, 0.2) is 28.7 Å². The van der Waals surface area contributed by atoms with Crippen molar-refractivity contribution in [3.63, 3.8) is 0 Å². The topological polar surface area (TPSA) is 59.5 Å². The maximum absolute atomic E-state index is 12.1. The molecule has 2 rings (SSSR count). The van der Waals surface area contributed by atoms with Crippen LogP contribution in [0.25, 0.3) is 0 Å². The number of hydrogen-bond acceptors (Lipinski definition) is 3. The maximum atomic E-state index is 12.1. The number of rotatable bonds is 3. The average Bonchev–Trinajstić information content (AvgIpc) is 2.87. The summed E-state index contributed by atoms with van der Waals surface area (Å²) in [6.07, 6.45) is 4.50. The molecular weight excluding hydrogens is 216 g/mol. The van der Waals surface area contributed by atoms with Crippen molar-refractivity contribution in [1.29, 1.82) is 0 Å². The molecular formula is C13H18N2O2. The second-order valence-electron chi connectivity index (χ2n) is 4.60. The summed E-state index contributed by atoms with van der Waals surface area (Å²) in [7, 11) is 1.79. The van der Waals surface area contributed by atoms with Gasteiger partial charge < -0.3 is 15.1 Å². The van der Waals surface area contributed by atoms with Crippen molar-refractivity contribution < 1.29 is 9.21 Å². The molecule has 0 aliphatic heterocycles. The second kappa shape index (κ2) is 4.75. The van der Waals surface area contributed by atoms with Gasteiger partial charge >= 0.3 is 0 Å². The van der Waals surface area contributed by atoms with Crippen LogP contribution < -0.4 is 5.73 Å².